The predicted octanol–water partition coefficient (Wildman–Crippen LogP) is 3.36. The van der Waals surface area contributed by atoms with Gasteiger partial charge < -0.3 is 19.5 Å². The molecule has 0 atom stereocenters. The zero-order valence-electron chi connectivity index (χ0n) is 14.3. The number of nitrogens with one attached hydrogen (secondary N) is 1. The molecule has 1 aliphatic heterocycles. The van der Waals surface area contributed by atoms with Crippen LogP contribution in [0.3, 0.4) is 0 Å². The Morgan fingerprint density at radius 3 is 2.78 bits per heavy atom. The minimum atomic E-state index is -0.137. The van der Waals surface area contributed by atoms with E-state index in [0.29, 0.717) is 19.8 Å². The lowest BCUT2D eigenvalue weighted by Crippen LogP contribution is -2.37. The fraction of sp³-hybridized carbons (Fsp3) is 0.611. The van der Waals surface area contributed by atoms with Crippen molar-refractivity contribution < 1.29 is 19.0 Å². The number of rotatable bonds is 9. The van der Waals surface area contributed by atoms with Crippen molar-refractivity contribution in [1.82, 2.24) is 5.32 Å². The minimum absolute atomic E-state index is 0.0962. The first kappa shape index (κ1) is 17.6. The van der Waals surface area contributed by atoms with Gasteiger partial charge in [-0.25, -0.2) is 0 Å². The van der Waals surface area contributed by atoms with E-state index in [-0.39, 0.29) is 11.5 Å². The van der Waals surface area contributed by atoms with Gasteiger partial charge in [0.15, 0.2) is 11.5 Å². The number of hydrogen-bond acceptors (Lipinski definition) is 5. The highest BCUT2D eigenvalue weighted by molar-refractivity contribution is 5.69. The van der Waals surface area contributed by atoms with Gasteiger partial charge >= 0.3 is 5.97 Å². The van der Waals surface area contributed by atoms with E-state index in [1.807, 2.05) is 19.1 Å². The molecule has 1 aromatic carbocycles. The fourth-order valence-electron chi connectivity index (χ4n) is 2.59. The van der Waals surface area contributed by atoms with Gasteiger partial charge in [0.25, 0.3) is 0 Å². The zero-order chi connectivity index (χ0) is 16.7. The van der Waals surface area contributed by atoms with Gasteiger partial charge in [0, 0.05) is 12.0 Å². The van der Waals surface area contributed by atoms with Crippen LogP contribution in [0.2, 0.25) is 0 Å². The standard InChI is InChI=1S/C18H27NO4/c1-4-21-17(20)8-6-5-7-11-19-18(2,3)14-9-10-15-16(12-14)23-13-22-15/h9-10,12,19H,4-8,11,13H2,1-3H3. The Labute approximate surface area is 138 Å². The van der Waals surface area contributed by atoms with Crippen molar-refractivity contribution in [2.75, 3.05) is 19.9 Å². The minimum Gasteiger partial charge on any atom is -0.466 e. The SMILES string of the molecule is CCOC(=O)CCCCCNC(C)(C)c1ccc2c(c1)OCO2. The molecule has 1 N–H and O–H groups in total. The Bertz CT molecular complexity index is 528. The fourth-order valence-corrected chi connectivity index (χ4v) is 2.59. The van der Waals surface area contributed by atoms with Gasteiger partial charge in [0.1, 0.15) is 0 Å². The van der Waals surface area contributed by atoms with Crippen molar-refractivity contribution in [3.63, 3.8) is 0 Å². The van der Waals surface area contributed by atoms with E-state index in [4.69, 9.17) is 14.2 Å². The summed E-state index contributed by atoms with van der Waals surface area (Å²) in [5.41, 5.74) is 1.04. The second kappa shape index (κ2) is 8.20. The van der Waals surface area contributed by atoms with Crippen molar-refractivity contribution >= 4 is 5.97 Å². The molecule has 2 rings (SSSR count). The molecule has 5 heteroatoms. The van der Waals surface area contributed by atoms with Crippen LogP contribution in [0.4, 0.5) is 0 Å². The van der Waals surface area contributed by atoms with E-state index in [2.05, 4.69) is 25.2 Å². The molecule has 1 aliphatic rings. The molecule has 1 heterocycles. The van der Waals surface area contributed by atoms with Gasteiger partial charge in [-0.3, -0.25) is 4.79 Å². The maximum atomic E-state index is 11.3. The summed E-state index contributed by atoms with van der Waals surface area (Å²) in [6.07, 6.45) is 3.45. The average Bonchev–Trinajstić information content (AvgIpc) is 2.98. The van der Waals surface area contributed by atoms with Crippen molar-refractivity contribution in [3.05, 3.63) is 23.8 Å². The smallest absolute Gasteiger partial charge is 0.305 e. The summed E-state index contributed by atoms with van der Waals surface area (Å²) in [5.74, 6) is 1.52. The van der Waals surface area contributed by atoms with Crippen molar-refractivity contribution in [3.8, 4) is 11.5 Å². The second-order valence-electron chi connectivity index (χ2n) is 6.24. The third kappa shape index (κ3) is 5.13. The maximum Gasteiger partial charge on any atom is 0.305 e. The first-order valence-corrected chi connectivity index (χ1v) is 8.33. The van der Waals surface area contributed by atoms with Gasteiger partial charge in [-0.15, -0.1) is 0 Å². The van der Waals surface area contributed by atoms with Gasteiger partial charge in [0.2, 0.25) is 6.79 Å². The molecular formula is C18H27NO4. The summed E-state index contributed by atoms with van der Waals surface area (Å²) in [6.45, 7) is 7.81. The highest BCUT2D eigenvalue weighted by Crippen LogP contribution is 2.35. The van der Waals surface area contributed by atoms with E-state index in [0.717, 1.165) is 37.3 Å². The molecule has 128 valence electrons. The van der Waals surface area contributed by atoms with Crippen LogP contribution < -0.4 is 14.8 Å². The molecule has 0 saturated carbocycles. The number of carbonyl (C=O) groups excluding carboxylic acids is 1. The van der Waals surface area contributed by atoms with Crippen LogP contribution in [0, 0.1) is 0 Å². The normalized spacial score (nSPS) is 13.2. The highest BCUT2D eigenvalue weighted by Gasteiger charge is 2.23. The monoisotopic (exact) mass is 321 g/mol. The topological polar surface area (TPSA) is 56.8 Å². The Balaban J connectivity index is 1.71. The molecule has 0 saturated heterocycles. The van der Waals surface area contributed by atoms with E-state index in [1.54, 1.807) is 0 Å². The van der Waals surface area contributed by atoms with Crippen LogP contribution in [0.5, 0.6) is 11.5 Å². The Hall–Kier alpha value is -1.75. The highest BCUT2D eigenvalue weighted by atomic mass is 16.7. The number of fused-ring (bicyclic) bond motifs is 1. The van der Waals surface area contributed by atoms with E-state index < -0.39 is 0 Å². The summed E-state index contributed by atoms with van der Waals surface area (Å²) in [7, 11) is 0. The molecule has 1 aromatic rings. The zero-order valence-corrected chi connectivity index (χ0v) is 14.3. The lowest BCUT2D eigenvalue weighted by molar-refractivity contribution is -0.143. The first-order chi connectivity index (χ1) is 11.0. The third-order valence-corrected chi connectivity index (χ3v) is 4.02. The Morgan fingerprint density at radius 1 is 1.22 bits per heavy atom. The van der Waals surface area contributed by atoms with E-state index in [9.17, 15) is 4.79 Å². The van der Waals surface area contributed by atoms with Crippen molar-refractivity contribution in [2.45, 2.75) is 52.0 Å². The first-order valence-electron chi connectivity index (χ1n) is 8.33. The number of carbonyl (C=O) groups is 1. The Morgan fingerprint density at radius 2 is 2.00 bits per heavy atom. The van der Waals surface area contributed by atoms with Crippen LogP contribution >= 0.6 is 0 Å². The molecule has 0 fully saturated rings. The molecule has 0 unspecified atom stereocenters. The van der Waals surface area contributed by atoms with Crippen LogP contribution in [0.25, 0.3) is 0 Å². The van der Waals surface area contributed by atoms with Crippen molar-refractivity contribution in [1.29, 1.82) is 0 Å². The lowest BCUT2D eigenvalue weighted by Gasteiger charge is -2.27. The molecule has 0 aromatic heterocycles. The molecular weight excluding hydrogens is 294 g/mol. The molecule has 23 heavy (non-hydrogen) atoms. The van der Waals surface area contributed by atoms with Gasteiger partial charge in [-0.1, -0.05) is 12.5 Å². The van der Waals surface area contributed by atoms with Crippen LogP contribution in [0.1, 0.15) is 52.0 Å². The molecule has 0 bridgehead atoms. The number of benzene rings is 1. The summed E-state index contributed by atoms with van der Waals surface area (Å²) >= 11 is 0. The average molecular weight is 321 g/mol. The molecule has 0 spiro atoms. The lowest BCUT2D eigenvalue weighted by atomic mass is 9.93. The predicted molar refractivity (Wildman–Crippen MR) is 88.7 cm³/mol. The quantitative estimate of drug-likeness (QED) is 0.558. The number of esters is 1. The molecule has 0 aliphatic carbocycles. The molecule has 0 radical (unpaired) electrons. The summed E-state index contributed by atoms with van der Waals surface area (Å²) in [4.78, 5) is 11.3. The maximum absolute atomic E-state index is 11.3. The van der Waals surface area contributed by atoms with Gasteiger partial charge in [0.05, 0.1) is 6.61 Å². The van der Waals surface area contributed by atoms with Gasteiger partial charge in [-0.2, -0.15) is 0 Å². The molecule has 0 amide bonds. The number of unbranched alkanes of at least 4 members (excludes halogenated alkanes) is 2. The summed E-state index contributed by atoms with van der Waals surface area (Å²) < 4.78 is 15.7. The Kier molecular flexibility index (Phi) is 6.28. The number of hydrogen-bond donors (Lipinski definition) is 1. The van der Waals surface area contributed by atoms with Crippen molar-refractivity contribution in [2.24, 2.45) is 0 Å². The summed E-state index contributed by atoms with van der Waals surface area (Å²) in [6, 6.07) is 6.07. The second-order valence-corrected chi connectivity index (χ2v) is 6.24. The number of ether oxygens (including phenoxy) is 3. The molecule has 5 nitrogen and oxygen atoms in total. The summed E-state index contributed by atoms with van der Waals surface area (Å²) in [5, 5.41) is 3.57. The van der Waals surface area contributed by atoms with E-state index in [1.165, 1.54) is 5.56 Å². The van der Waals surface area contributed by atoms with Crippen LogP contribution in [0.15, 0.2) is 18.2 Å². The largest absolute Gasteiger partial charge is 0.466 e. The van der Waals surface area contributed by atoms with Gasteiger partial charge in [-0.05, 0) is 57.9 Å². The van der Waals surface area contributed by atoms with Crippen LogP contribution in [-0.4, -0.2) is 25.9 Å². The van der Waals surface area contributed by atoms with Crippen LogP contribution in [-0.2, 0) is 15.1 Å². The third-order valence-electron chi connectivity index (χ3n) is 4.02. The van der Waals surface area contributed by atoms with E-state index >= 15 is 0 Å².